The topological polar surface area (TPSA) is 50.4 Å². The van der Waals surface area contributed by atoms with Gasteiger partial charge in [0.05, 0.1) is 12.6 Å². The Labute approximate surface area is 118 Å². The molecule has 0 aliphatic carbocycles. The van der Waals surface area contributed by atoms with Crippen molar-refractivity contribution in [3.05, 3.63) is 0 Å². The zero-order valence-electron chi connectivity index (χ0n) is 13.5. The van der Waals surface area contributed by atoms with E-state index in [0.29, 0.717) is 19.1 Å². The molecule has 0 rings (SSSR count). The van der Waals surface area contributed by atoms with Gasteiger partial charge in [-0.25, -0.2) is 0 Å². The zero-order valence-corrected chi connectivity index (χ0v) is 13.5. The summed E-state index contributed by atoms with van der Waals surface area (Å²) in [6.45, 7) is 13.7. The highest BCUT2D eigenvalue weighted by Gasteiger charge is 2.21. The maximum Gasteiger partial charge on any atom is 0.237 e. The van der Waals surface area contributed by atoms with E-state index in [2.05, 4.69) is 31.4 Å². The van der Waals surface area contributed by atoms with E-state index in [1.807, 2.05) is 20.8 Å². The van der Waals surface area contributed by atoms with Gasteiger partial charge in [-0.15, -0.1) is 0 Å². The predicted octanol–water partition coefficient (Wildman–Crippen LogP) is 2.33. The number of carbonyl (C=O) groups is 1. The van der Waals surface area contributed by atoms with E-state index in [1.54, 1.807) is 0 Å². The second-order valence-corrected chi connectivity index (χ2v) is 5.60. The van der Waals surface area contributed by atoms with Crippen LogP contribution in [0.1, 0.15) is 54.4 Å². The standard InChI is InChI=1S/C15H32N2O2/c1-7-9-12(5)16-15(18)13(6)17-14(11(3)4)10-19-8-2/h11-14,17H,7-10H2,1-6H3,(H,16,18). The van der Waals surface area contributed by atoms with Crippen molar-refractivity contribution in [2.45, 2.75) is 72.5 Å². The smallest absolute Gasteiger partial charge is 0.237 e. The highest BCUT2D eigenvalue weighted by molar-refractivity contribution is 5.81. The van der Waals surface area contributed by atoms with E-state index in [4.69, 9.17) is 4.74 Å². The molecular formula is C15H32N2O2. The maximum absolute atomic E-state index is 12.0. The van der Waals surface area contributed by atoms with Crippen LogP contribution in [0.4, 0.5) is 0 Å². The molecule has 3 atom stereocenters. The quantitative estimate of drug-likeness (QED) is 0.642. The molecule has 3 unspecified atom stereocenters. The Bertz CT molecular complexity index is 244. The molecule has 0 aromatic heterocycles. The Morgan fingerprint density at radius 3 is 2.26 bits per heavy atom. The average molecular weight is 272 g/mol. The molecule has 114 valence electrons. The summed E-state index contributed by atoms with van der Waals surface area (Å²) in [6.07, 6.45) is 2.10. The molecule has 0 bridgehead atoms. The second-order valence-electron chi connectivity index (χ2n) is 5.60. The molecule has 19 heavy (non-hydrogen) atoms. The molecule has 4 heteroatoms. The first-order chi connectivity index (χ1) is 8.92. The SMILES string of the molecule is CCCC(C)NC(=O)C(C)NC(COCC)C(C)C. The van der Waals surface area contributed by atoms with Crippen LogP contribution in [0.2, 0.25) is 0 Å². The molecule has 0 spiro atoms. The Hall–Kier alpha value is -0.610. The summed E-state index contributed by atoms with van der Waals surface area (Å²) in [7, 11) is 0. The number of nitrogens with one attached hydrogen (secondary N) is 2. The molecule has 0 aliphatic heterocycles. The Morgan fingerprint density at radius 2 is 1.79 bits per heavy atom. The van der Waals surface area contributed by atoms with Crippen LogP contribution in [0.25, 0.3) is 0 Å². The number of ether oxygens (including phenoxy) is 1. The van der Waals surface area contributed by atoms with Crippen LogP contribution in [0.3, 0.4) is 0 Å². The number of carbonyl (C=O) groups excluding carboxylic acids is 1. The lowest BCUT2D eigenvalue weighted by Gasteiger charge is -2.26. The summed E-state index contributed by atoms with van der Waals surface area (Å²) in [5.41, 5.74) is 0. The summed E-state index contributed by atoms with van der Waals surface area (Å²) in [5.74, 6) is 0.512. The van der Waals surface area contributed by atoms with Gasteiger partial charge in [-0.2, -0.15) is 0 Å². The second kappa shape index (κ2) is 10.2. The predicted molar refractivity (Wildman–Crippen MR) is 80.2 cm³/mol. The number of rotatable bonds is 10. The zero-order chi connectivity index (χ0) is 14.8. The third-order valence-corrected chi connectivity index (χ3v) is 3.27. The molecule has 2 N–H and O–H groups in total. The largest absolute Gasteiger partial charge is 0.380 e. The molecule has 0 radical (unpaired) electrons. The first-order valence-corrected chi connectivity index (χ1v) is 7.56. The highest BCUT2D eigenvalue weighted by atomic mass is 16.5. The Morgan fingerprint density at radius 1 is 1.16 bits per heavy atom. The lowest BCUT2D eigenvalue weighted by molar-refractivity contribution is -0.123. The Kier molecular flexibility index (Phi) is 9.88. The average Bonchev–Trinajstić information content (AvgIpc) is 2.33. The van der Waals surface area contributed by atoms with Crippen molar-refractivity contribution in [1.29, 1.82) is 0 Å². The van der Waals surface area contributed by atoms with Crippen LogP contribution in [0, 0.1) is 5.92 Å². The van der Waals surface area contributed by atoms with Crippen LogP contribution in [0.15, 0.2) is 0 Å². The lowest BCUT2D eigenvalue weighted by atomic mass is 10.0. The number of hydrogen-bond acceptors (Lipinski definition) is 3. The fourth-order valence-corrected chi connectivity index (χ4v) is 1.95. The van der Waals surface area contributed by atoms with Crippen molar-refractivity contribution in [2.24, 2.45) is 5.92 Å². The lowest BCUT2D eigenvalue weighted by Crippen LogP contribution is -2.51. The fourth-order valence-electron chi connectivity index (χ4n) is 1.95. The van der Waals surface area contributed by atoms with Crippen molar-refractivity contribution in [3.63, 3.8) is 0 Å². The molecule has 0 aliphatic rings. The van der Waals surface area contributed by atoms with Crippen LogP contribution >= 0.6 is 0 Å². The van der Waals surface area contributed by atoms with E-state index in [0.717, 1.165) is 12.8 Å². The van der Waals surface area contributed by atoms with Crippen LogP contribution in [-0.2, 0) is 9.53 Å². The first-order valence-electron chi connectivity index (χ1n) is 7.56. The van der Waals surface area contributed by atoms with Gasteiger partial charge in [0, 0.05) is 18.7 Å². The molecule has 4 nitrogen and oxygen atoms in total. The summed E-state index contributed by atoms with van der Waals surface area (Å²) in [5, 5.41) is 6.40. The third kappa shape index (κ3) is 8.22. The van der Waals surface area contributed by atoms with Crippen molar-refractivity contribution >= 4 is 5.91 Å². The fraction of sp³-hybridized carbons (Fsp3) is 0.933. The first kappa shape index (κ1) is 18.4. The number of amides is 1. The third-order valence-electron chi connectivity index (χ3n) is 3.27. The highest BCUT2D eigenvalue weighted by Crippen LogP contribution is 2.04. The minimum atomic E-state index is -0.188. The van der Waals surface area contributed by atoms with Crippen molar-refractivity contribution < 1.29 is 9.53 Å². The van der Waals surface area contributed by atoms with E-state index in [-0.39, 0.29) is 24.0 Å². The van der Waals surface area contributed by atoms with Gasteiger partial charge in [0.2, 0.25) is 5.91 Å². The van der Waals surface area contributed by atoms with Crippen molar-refractivity contribution in [2.75, 3.05) is 13.2 Å². The van der Waals surface area contributed by atoms with Gasteiger partial charge in [0.25, 0.3) is 0 Å². The minimum absolute atomic E-state index is 0.0723. The molecular weight excluding hydrogens is 240 g/mol. The van der Waals surface area contributed by atoms with Gasteiger partial charge in [-0.1, -0.05) is 27.2 Å². The summed E-state index contributed by atoms with van der Waals surface area (Å²) in [4.78, 5) is 12.0. The van der Waals surface area contributed by atoms with Gasteiger partial charge in [0.1, 0.15) is 0 Å². The van der Waals surface area contributed by atoms with Crippen molar-refractivity contribution in [3.8, 4) is 0 Å². The molecule has 0 aromatic carbocycles. The van der Waals surface area contributed by atoms with Gasteiger partial charge in [-0.05, 0) is 33.1 Å². The van der Waals surface area contributed by atoms with Crippen molar-refractivity contribution in [1.82, 2.24) is 10.6 Å². The number of hydrogen-bond donors (Lipinski definition) is 2. The molecule has 0 aromatic rings. The normalized spacial score (nSPS) is 16.2. The summed E-state index contributed by atoms with van der Waals surface area (Å²) < 4.78 is 5.46. The van der Waals surface area contributed by atoms with Gasteiger partial charge in [0.15, 0.2) is 0 Å². The molecule has 0 saturated carbocycles. The summed E-state index contributed by atoms with van der Waals surface area (Å²) >= 11 is 0. The van der Waals surface area contributed by atoms with Crippen LogP contribution < -0.4 is 10.6 Å². The summed E-state index contributed by atoms with van der Waals surface area (Å²) in [6, 6.07) is 0.264. The van der Waals surface area contributed by atoms with E-state index < -0.39 is 0 Å². The van der Waals surface area contributed by atoms with E-state index >= 15 is 0 Å². The minimum Gasteiger partial charge on any atom is -0.380 e. The van der Waals surface area contributed by atoms with Gasteiger partial charge >= 0.3 is 0 Å². The molecule has 0 heterocycles. The Balaban J connectivity index is 4.22. The maximum atomic E-state index is 12.0. The van der Waals surface area contributed by atoms with E-state index in [9.17, 15) is 4.79 Å². The van der Waals surface area contributed by atoms with Crippen LogP contribution in [-0.4, -0.2) is 37.2 Å². The monoisotopic (exact) mass is 272 g/mol. The van der Waals surface area contributed by atoms with Crippen LogP contribution in [0.5, 0.6) is 0 Å². The van der Waals surface area contributed by atoms with E-state index in [1.165, 1.54) is 0 Å². The molecule has 0 fully saturated rings. The molecule has 1 amide bonds. The van der Waals surface area contributed by atoms with Gasteiger partial charge < -0.3 is 15.4 Å². The van der Waals surface area contributed by atoms with Gasteiger partial charge in [-0.3, -0.25) is 4.79 Å². The molecule has 0 saturated heterocycles.